The summed E-state index contributed by atoms with van der Waals surface area (Å²) in [6.07, 6.45) is -4.54. The zero-order chi connectivity index (χ0) is 21.2. The van der Waals surface area contributed by atoms with Crippen molar-refractivity contribution in [1.29, 1.82) is 0 Å². The van der Waals surface area contributed by atoms with Crippen LogP contribution >= 0.6 is 0 Å². The van der Waals surface area contributed by atoms with Crippen molar-refractivity contribution < 1.29 is 27.5 Å². The largest absolute Gasteiger partial charge is 0.455 e. The molecule has 29 heavy (non-hydrogen) atoms. The number of hydrogen-bond donors (Lipinski definition) is 2. The molecule has 0 fully saturated rings. The van der Waals surface area contributed by atoms with Crippen LogP contribution in [-0.4, -0.2) is 18.5 Å². The van der Waals surface area contributed by atoms with E-state index < -0.39 is 23.6 Å². The minimum absolute atomic E-state index is 0.0704. The summed E-state index contributed by atoms with van der Waals surface area (Å²) in [5, 5.41) is 5.41. The van der Waals surface area contributed by atoms with Gasteiger partial charge in [0.1, 0.15) is 12.2 Å². The molecule has 0 spiro atoms. The summed E-state index contributed by atoms with van der Waals surface area (Å²) in [5.41, 5.74) is 0.729. The summed E-state index contributed by atoms with van der Waals surface area (Å²) in [6, 6.07) is 11.6. The predicted molar refractivity (Wildman–Crippen MR) is 102 cm³/mol. The molecule has 8 heteroatoms. The van der Waals surface area contributed by atoms with Crippen LogP contribution in [0.25, 0.3) is 0 Å². The molecule has 0 saturated carbocycles. The van der Waals surface area contributed by atoms with Gasteiger partial charge in [0.25, 0.3) is 5.91 Å². The highest BCUT2D eigenvalue weighted by Crippen LogP contribution is 2.31. The fourth-order valence-corrected chi connectivity index (χ4v) is 2.98. The zero-order valence-electron chi connectivity index (χ0n) is 15.8. The normalized spacial score (nSPS) is 14.2. The number of ether oxygens (including phenoxy) is 1. The number of hydrogen-bond acceptors (Lipinski definition) is 4. The number of alkyl halides is 3. The highest BCUT2D eigenvalue weighted by molar-refractivity contribution is 6.23. The molecule has 0 radical (unpaired) electrons. The number of benzene rings is 2. The molecule has 1 aliphatic rings. The summed E-state index contributed by atoms with van der Waals surface area (Å²) in [5.74, 6) is -1.48. The van der Waals surface area contributed by atoms with E-state index in [1.807, 2.05) is 38.1 Å². The van der Waals surface area contributed by atoms with Gasteiger partial charge in [-0.3, -0.25) is 4.79 Å². The molecule has 2 N–H and O–H groups in total. The van der Waals surface area contributed by atoms with Gasteiger partial charge in [-0.15, -0.1) is 0 Å². The number of halogens is 3. The Labute approximate surface area is 165 Å². The third-order valence-electron chi connectivity index (χ3n) is 4.40. The fraction of sp³-hybridized carbons (Fsp3) is 0.238. The Kier molecular flexibility index (Phi) is 5.63. The summed E-state index contributed by atoms with van der Waals surface area (Å²) in [4.78, 5) is 24.7. The van der Waals surface area contributed by atoms with E-state index in [2.05, 4.69) is 10.6 Å². The Hall–Kier alpha value is -3.29. The Morgan fingerprint density at radius 2 is 1.83 bits per heavy atom. The molecule has 1 heterocycles. The first-order chi connectivity index (χ1) is 13.7. The SMILES string of the molecule is CC(C)c1ccccc1NC1=C(C(=O)Nc2cccc(C(F)(F)F)c2)C(=O)OC1. The van der Waals surface area contributed by atoms with Gasteiger partial charge in [-0.1, -0.05) is 38.1 Å². The van der Waals surface area contributed by atoms with Gasteiger partial charge in [0.15, 0.2) is 0 Å². The van der Waals surface area contributed by atoms with Crippen LogP contribution in [0.4, 0.5) is 24.5 Å². The third-order valence-corrected chi connectivity index (χ3v) is 4.40. The molecule has 152 valence electrons. The van der Waals surface area contributed by atoms with E-state index in [0.717, 1.165) is 23.4 Å². The van der Waals surface area contributed by atoms with Gasteiger partial charge in [0, 0.05) is 11.4 Å². The lowest BCUT2D eigenvalue weighted by Crippen LogP contribution is -2.21. The number of rotatable bonds is 5. The van der Waals surface area contributed by atoms with E-state index in [9.17, 15) is 22.8 Å². The van der Waals surface area contributed by atoms with Crippen LogP contribution in [-0.2, 0) is 20.5 Å². The molecule has 1 aliphatic heterocycles. The number of amides is 1. The molecule has 0 saturated heterocycles. The molecule has 0 aromatic heterocycles. The summed E-state index contributed by atoms with van der Waals surface area (Å²) < 4.78 is 43.6. The Bertz CT molecular complexity index is 981. The van der Waals surface area contributed by atoms with Crippen LogP contribution in [0.15, 0.2) is 59.8 Å². The van der Waals surface area contributed by atoms with E-state index in [-0.39, 0.29) is 29.5 Å². The van der Waals surface area contributed by atoms with E-state index in [4.69, 9.17) is 4.74 Å². The number of nitrogens with one attached hydrogen (secondary N) is 2. The molecule has 0 unspecified atom stereocenters. The fourth-order valence-electron chi connectivity index (χ4n) is 2.98. The maximum absolute atomic E-state index is 12.9. The minimum Gasteiger partial charge on any atom is -0.455 e. The van der Waals surface area contributed by atoms with Crippen LogP contribution in [0.5, 0.6) is 0 Å². The van der Waals surface area contributed by atoms with Crippen LogP contribution in [0, 0.1) is 0 Å². The second kappa shape index (κ2) is 7.98. The summed E-state index contributed by atoms with van der Waals surface area (Å²) >= 11 is 0. The quantitative estimate of drug-likeness (QED) is 0.561. The van der Waals surface area contributed by atoms with Crippen LogP contribution < -0.4 is 10.6 Å². The number of carbonyl (C=O) groups is 2. The van der Waals surface area contributed by atoms with Crippen molar-refractivity contribution in [2.45, 2.75) is 25.9 Å². The lowest BCUT2D eigenvalue weighted by molar-refractivity contribution is -0.138. The average molecular weight is 404 g/mol. The molecule has 2 aromatic rings. The van der Waals surface area contributed by atoms with Crippen molar-refractivity contribution in [2.24, 2.45) is 0 Å². The van der Waals surface area contributed by atoms with Gasteiger partial charge in [0.05, 0.1) is 11.3 Å². The first kappa shape index (κ1) is 20.4. The van der Waals surface area contributed by atoms with Crippen molar-refractivity contribution in [1.82, 2.24) is 0 Å². The molecular formula is C21H19F3N2O3. The Balaban J connectivity index is 1.87. The van der Waals surface area contributed by atoms with Gasteiger partial charge in [-0.2, -0.15) is 13.2 Å². The number of esters is 1. The highest BCUT2D eigenvalue weighted by Gasteiger charge is 2.33. The van der Waals surface area contributed by atoms with Gasteiger partial charge >= 0.3 is 12.1 Å². The summed E-state index contributed by atoms with van der Waals surface area (Å²) in [6.45, 7) is 3.88. The maximum atomic E-state index is 12.9. The van der Waals surface area contributed by atoms with Gasteiger partial charge in [-0.05, 0) is 35.7 Å². The number of cyclic esters (lactones) is 1. The van der Waals surface area contributed by atoms with E-state index in [1.54, 1.807) is 0 Å². The number of para-hydroxylation sites is 1. The van der Waals surface area contributed by atoms with Crippen molar-refractivity contribution in [2.75, 3.05) is 17.2 Å². The van der Waals surface area contributed by atoms with E-state index in [1.165, 1.54) is 12.1 Å². The van der Waals surface area contributed by atoms with Gasteiger partial charge in [-0.25, -0.2) is 4.79 Å². The molecule has 5 nitrogen and oxygen atoms in total. The molecule has 1 amide bonds. The Morgan fingerprint density at radius 1 is 1.10 bits per heavy atom. The lowest BCUT2D eigenvalue weighted by Gasteiger charge is -2.15. The molecular weight excluding hydrogens is 385 g/mol. The number of carbonyl (C=O) groups excluding carboxylic acids is 2. The average Bonchev–Trinajstić information content (AvgIpc) is 3.02. The summed E-state index contributed by atoms with van der Waals surface area (Å²) in [7, 11) is 0. The van der Waals surface area contributed by atoms with Crippen LogP contribution in [0.1, 0.15) is 30.9 Å². The van der Waals surface area contributed by atoms with Crippen molar-refractivity contribution >= 4 is 23.3 Å². The maximum Gasteiger partial charge on any atom is 0.416 e. The predicted octanol–water partition coefficient (Wildman–Crippen LogP) is 4.69. The Morgan fingerprint density at radius 3 is 2.52 bits per heavy atom. The van der Waals surface area contributed by atoms with Crippen LogP contribution in [0.2, 0.25) is 0 Å². The molecule has 2 aromatic carbocycles. The monoisotopic (exact) mass is 404 g/mol. The van der Waals surface area contributed by atoms with E-state index >= 15 is 0 Å². The first-order valence-corrected chi connectivity index (χ1v) is 8.91. The second-order valence-corrected chi connectivity index (χ2v) is 6.83. The smallest absolute Gasteiger partial charge is 0.416 e. The van der Waals surface area contributed by atoms with Crippen molar-refractivity contribution in [3.8, 4) is 0 Å². The van der Waals surface area contributed by atoms with Crippen molar-refractivity contribution in [3.05, 3.63) is 70.9 Å². The lowest BCUT2D eigenvalue weighted by atomic mass is 10.0. The standard InChI is InChI=1S/C21H19F3N2O3/c1-12(2)15-8-3-4-9-16(15)26-17-11-29-20(28)18(17)19(27)25-14-7-5-6-13(10-14)21(22,23)24/h3-10,12,26H,11H2,1-2H3,(H,25,27). The highest BCUT2D eigenvalue weighted by atomic mass is 19.4. The minimum atomic E-state index is -4.54. The molecule has 0 atom stereocenters. The van der Waals surface area contributed by atoms with Gasteiger partial charge in [0.2, 0.25) is 0 Å². The van der Waals surface area contributed by atoms with Crippen LogP contribution in [0.3, 0.4) is 0 Å². The molecule has 3 rings (SSSR count). The molecule has 0 aliphatic carbocycles. The second-order valence-electron chi connectivity index (χ2n) is 6.83. The first-order valence-electron chi connectivity index (χ1n) is 8.91. The third kappa shape index (κ3) is 4.59. The topological polar surface area (TPSA) is 67.4 Å². The zero-order valence-corrected chi connectivity index (χ0v) is 15.8. The van der Waals surface area contributed by atoms with E-state index in [0.29, 0.717) is 0 Å². The molecule has 0 bridgehead atoms. The van der Waals surface area contributed by atoms with Crippen molar-refractivity contribution in [3.63, 3.8) is 0 Å². The van der Waals surface area contributed by atoms with Gasteiger partial charge < -0.3 is 15.4 Å². The number of anilines is 2.